The minimum atomic E-state index is 0.0850. The quantitative estimate of drug-likeness (QED) is 0.416. The number of hydrogen-bond acceptors (Lipinski definition) is 4. The third kappa shape index (κ3) is 3.47. The maximum atomic E-state index is 6.70. The Balaban J connectivity index is 1.72. The van der Waals surface area contributed by atoms with Gasteiger partial charge in [0.25, 0.3) is 0 Å². The largest absolute Gasteiger partial charge is 0.380 e. The van der Waals surface area contributed by atoms with Crippen molar-refractivity contribution in [3.63, 3.8) is 0 Å². The summed E-state index contributed by atoms with van der Waals surface area (Å²) in [6, 6.07) is 12.2. The average molecular weight is 404 g/mol. The van der Waals surface area contributed by atoms with Crippen molar-refractivity contribution in [1.29, 1.82) is 0 Å². The van der Waals surface area contributed by atoms with Gasteiger partial charge in [0.05, 0.1) is 15.4 Å². The van der Waals surface area contributed by atoms with Crippen LogP contribution < -0.4 is 11.1 Å². The lowest BCUT2D eigenvalue weighted by Gasteiger charge is -2.24. The molecule has 0 aliphatic heterocycles. The maximum Gasteiger partial charge on any atom is 0.131 e. The molecule has 3 nitrogen and oxygen atoms in total. The molecule has 1 aliphatic rings. The van der Waals surface area contributed by atoms with Crippen molar-refractivity contribution < 1.29 is 0 Å². The standard InChI is InChI=1S/C20H19Cl2N3S/c21-16-10-15(24-11-12-6-2-1-3-7-12)20-18(25-16)17(22)19(26-20)13-8-4-5-9-14(13)23/h1-7,10,13-14H,8-9,11,23H2,(H,24,25)/t13-,14-/m0/s1. The number of hydrogen-bond donors (Lipinski definition) is 2. The number of allylic oxidation sites excluding steroid dienone is 1. The van der Waals surface area contributed by atoms with E-state index in [0.29, 0.717) is 16.7 Å². The van der Waals surface area contributed by atoms with Crippen LogP contribution in [0.15, 0.2) is 48.6 Å². The first-order valence-corrected chi connectivity index (χ1v) is 10.2. The normalized spacial score (nSPS) is 19.8. The first kappa shape index (κ1) is 17.8. The lowest BCUT2D eigenvalue weighted by Crippen LogP contribution is -2.29. The minimum absolute atomic E-state index is 0.0850. The fourth-order valence-electron chi connectivity index (χ4n) is 3.33. The number of nitrogens with zero attached hydrogens (tertiary/aromatic N) is 1. The van der Waals surface area contributed by atoms with E-state index in [-0.39, 0.29) is 12.0 Å². The minimum Gasteiger partial charge on any atom is -0.380 e. The molecule has 0 saturated heterocycles. The summed E-state index contributed by atoms with van der Waals surface area (Å²) in [5.74, 6) is 0.229. The lowest BCUT2D eigenvalue weighted by atomic mass is 9.88. The molecule has 4 rings (SSSR count). The molecular weight excluding hydrogens is 385 g/mol. The van der Waals surface area contributed by atoms with Crippen LogP contribution >= 0.6 is 34.5 Å². The number of nitrogens with two attached hydrogens (primary N) is 1. The van der Waals surface area contributed by atoms with E-state index in [9.17, 15) is 0 Å². The first-order chi connectivity index (χ1) is 12.6. The van der Waals surface area contributed by atoms with Gasteiger partial charge in [-0.1, -0.05) is 65.7 Å². The second-order valence-electron chi connectivity index (χ2n) is 6.50. The lowest BCUT2D eigenvalue weighted by molar-refractivity contribution is 0.528. The molecule has 134 valence electrons. The van der Waals surface area contributed by atoms with E-state index in [1.54, 1.807) is 11.3 Å². The molecule has 6 heteroatoms. The number of fused-ring (bicyclic) bond motifs is 1. The highest BCUT2D eigenvalue weighted by Crippen LogP contribution is 2.45. The Hall–Kier alpha value is -1.59. The van der Waals surface area contributed by atoms with Crippen molar-refractivity contribution in [3.05, 3.63) is 69.2 Å². The van der Waals surface area contributed by atoms with Gasteiger partial charge in [-0.3, -0.25) is 0 Å². The number of pyridine rings is 1. The second kappa shape index (κ2) is 7.57. The molecule has 1 aromatic carbocycles. The van der Waals surface area contributed by atoms with Gasteiger partial charge in [0.1, 0.15) is 10.7 Å². The summed E-state index contributed by atoms with van der Waals surface area (Å²) in [4.78, 5) is 5.58. The number of anilines is 1. The predicted octanol–water partition coefficient (Wildman–Crippen LogP) is 5.98. The molecule has 0 radical (unpaired) electrons. The smallest absolute Gasteiger partial charge is 0.131 e. The van der Waals surface area contributed by atoms with Crippen LogP contribution in [-0.2, 0) is 6.54 Å². The number of nitrogens with one attached hydrogen (secondary N) is 1. The van der Waals surface area contributed by atoms with Crippen molar-refractivity contribution in [3.8, 4) is 0 Å². The molecule has 3 N–H and O–H groups in total. The Morgan fingerprint density at radius 3 is 2.69 bits per heavy atom. The van der Waals surface area contributed by atoms with Crippen LogP contribution in [0.4, 0.5) is 5.69 Å². The monoisotopic (exact) mass is 403 g/mol. The van der Waals surface area contributed by atoms with Crippen molar-refractivity contribution in [2.75, 3.05) is 5.32 Å². The third-order valence-electron chi connectivity index (χ3n) is 4.72. The SMILES string of the molecule is N[C@H]1CC=CC[C@@H]1c1sc2c(NCc3ccccc3)cc(Cl)nc2c1Cl. The molecule has 2 atom stereocenters. The summed E-state index contributed by atoms with van der Waals surface area (Å²) in [5.41, 5.74) is 9.26. The van der Waals surface area contributed by atoms with Crippen LogP contribution in [0.25, 0.3) is 10.2 Å². The number of thiophene rings is 1. The van der Waals surface area contributed by atoms with Crippen molar-refractivity contribution in [2.45, 2.75) is 31.3 Å². The summed E-state index contributed by atoms with van der Waals surface area (Å²) in [6.07, 6.45) is 6.12. The van der Waals surface area contributed by atoms with Gasteiger partial charge in [0, 0.05) is 29.4 Å². The van der Waals surface area contributed by atoms with E-state index < -0.39 is 0 Å². The Bertz CT molecular complexity index is 953. The van der Waals surface area contributed by atoms with E-state index in [2.05, 4.69) is 34.6 Å². The second-order valence-corrected chi connectivity index (χ2v) is 8.32. The van der Waals surface area contributed by atoms with E-state index in [0.717, 1.165) is 33.6 Å². The van der Waals surface area contributed by atoms with Crippen molar-refractivity contribution in [1.82, 2.24) is 4.98 Å². The summed E-state index contributed by atoms with van der Waals surface area (Å²) in [5, 5.41) is 4.60. The summed E-state index contributed by atoms with van der Waals surface area (Å²) in [6.45, 7) is 0.715. The van der Waals surface area contributed by atoms with Gasteiger partial charge < -0.3 is 11.1 Å². The molecule has 0 unspecified atom stereocenters. The van der Waals surface area contributed by atoms with Crippen molar-refractivity contribution in [2.24, 2.45) is 5.73 Å². The van der Waals surface area contributed by atoms with Gasteiger partial charge in [-0.25, -0.2) is 4.98 Å². The van der Waals surface area contributed by atoms with Gasteiger partial charge >= 0.3 is 0 Å². The van der Waals surface area contributed by atoms with Gasteiger partial charge in [0.15, 0.2) is 0 Å². The fourth-order valence-corrected chi connectivity index (χ4v) is 5.28. The van der Waals surface area contributed by atoms with Crippen LogP contribution in [0.1, 0.15) is 29.2 Å². The van der Waals surface area contributed by atoms with Crippen LogP contribution in [0, 0.1) is 0 Å². The molecule has 0 fully saturated rings. The Morgan fingerprint density at radius 1 is 1.15 bits per heavy atom. The maximum absolute atomic E-state index is 6.70. The summed E-state index contributed by atoms with van der Waals surface area (Å²) in [7, 11) is 0. The number of rotatable bonds is 4. The zero-order valence-electron chi connectivity index (χ0n) is 14.1. The fraction of sp³-hybridized carbons (Fsp3) is 0.250. The van der Waals surface area contributed by atoms with Crippen molar-refractivity contribution >= 4 is 50.4 Å². The third-order valence-corrected chi connectivity index (χ3v) is 6.75. The van der Waals surface area contributed by atoms with E-state index >= 15 is 0 Å². The molecule has 0 spiro atoms. The van der Waals surface area contributed by atoms with Gasteiger partial charge in [0.2, 0.25) is 0 Å². The number of halogens is 2. The Labute approximate surface area is 166 Å². The molecule has 3 aromatic rings. The molecule has 0 bridgehead atoms. The molecule has 1 aliphatic carbocycles. The van der Waals surface area contributed by atoms with E-state index in [4.69, 9.17) is 28.9 Å². The molecule has 0 amide bonds. The predicted molar refractivity (Wildman–Crippen MR) is 112 cm³/mol. The van der Waals surface area contributed by atoms with Gasteiger partial charge in [-0.05, 0) is 18.4 Å². The highest BCUT2D eigenvalue weighted by atomic mass is 35.5. The van der Waals surface area contributed by atoms with Gasteiger partial charge in [-0.15, -0.1) is 11.3 Å². The zero-order chi connectivity index (χ0) is 18.1. The van der Waals surface area contributed by atoms with E-state index in [1.807, 2.05) is 24.3 Å². The van der Waals surface area contributed by atoms with Gasteiger partial charge in [-0.2, -0.15) is 0 Å². The number of aromatic nitrogens is 1. The Morgan fingerprint density at radius 2 is 1.92 bits per heavy atom. The van der Waals surface area contributed by atoms with Crippen LogP contribution in [0.5, 0.6) is 0 Å². The molecule has 26 heavy (non-hydrogen) atoms. The Kier molecular flexibility index (Phi) is 5.18. The van der Waals surface area contributed by atoms with Crippen LogP contribution in [-0.4, -0.2) is 11.0 Å². The number of benzene rings is 1. The molecule has 2 heterocycles. The molecular formula is C20H19Cl2N3S. The molecule has 0 saturated carbocycles. The highest BCUT2D eigenvalue weighted by molar-refractivity contribution is 7.20. The van der Waals surface area contributed by atoms with Crippen LogP contribution in [0.2, 0.25) is 10.2 Å². The first-order valence-electron chi connectivity index (χ1n) is 8.60. The summed E-state index contributed by atoms with van der Waals surface area (Å²) >= 11 is 14.6. The highest BCUT2D eigenvalue weighted by Gasteiger charge is 2.27. The average Bonchev–Trinajstić information content (AvgIpc) is 2.98. The van der Waals surface area contributed by atoms with Crippen LogP contribution in [0.3, 0.4) is 0 Å². The zero-order valence-corrected chi connectivity index (χ0v) is 16.4. The topological polar surface area (TPSA) is 50.9 Å². The van der Waals surface area contributed by atoms with E-state index in [1.165, 1.54) is 5.56 Å². The molecule has 2 aromatic heterocycles. The summed E-state index contributed by atoms with van der Waals surface area (Å²) < 4.78 is 1.03.